The van der Waals surface area contributed by atoms with Gasteiger partial charge in [-0.25, -0.2) is 0 Å². The minimum atomic E-state index is -0.226. The first-order valence-electron chi connectivity index (χ1n) is 8.64. The largest absolute Gasteiger partial charge is 0.355 e. The van der Waals surface area contributed by atoms with E-state index < -0.39 is 0 Å². The van der Waals surface area contributed by atoms with Crippen molar-refractivity contribution < 1.29 is 4.79 Å². The Balaban J connectivity index is 1.61. The van der Waals surface area contributed by atoms with Gasteiger partial charge in [-0.15, -0.1) is 21.5 Å². The van der Waals surface area contributed by atoms with Gasteiger partial charge in [-0.3, -0.25) is 4.79 Å². The fraction of sp³-hybridized carbons (Fsp3) is 0.316. The predicted octanol–water partition coefficient (Wildman–Crippen LogP) is 3.87. The molecule has 0 fully saturated rings. The molecule has 5 nitrogen and oxygen atoms in total. The number of carbonyl (C=O) groups excluding carboxylic acids is 1. The van der Waals surface area contributed by atoms with Crippen LogP contribution in [0.1, 0.15) is 18.7 Å². The van der Waals surface area contributed by atoms with Crippen LogP contribution in [0.3, 0.4) is 0 Å². The van der Waals surface area contributed by atoms with Crippen molar-refractivity contribution in [2.45, 2.75) is 37.2 Å². The molecule has 2 heterocycles. The van der Waals surface area contributed by atoms with E-state index in [1.807, 2.05) is 43.3 Å². The molecule has 0 saturated carbocycles. The molecule has 1 N–H and O–H groups in total. The molecule has 7 heteroatoms. The van der Waals surface area contributed by atoms with Crippen LogP contribution in [0.4, 0.5) is 0 Å². The normalized spacial score (nSPS) is 12.1. The molecule has 26 heavy (non-hydrogen) atoms. The number of thioether (sulfide) groups is 1. The van der Waals surface area contributed by atoms with Gasteiger partial charge < -0.3 is 9.88 Å². The average Bonchev–Trinajstić information content (AvgIpc) is 3.32. The third-order valence-corrected chi connectivity index (χ3v) is 5.98. The van der Waals surface area contributed by atoms with Gasteiger partial charge in [0.05, 0.1) is 5.25 Å². The summed E-state index contributed by atoms with van der Waals surface area (Å²) in [6, 6.07) is 14.1. The highest BCUT2D eigenvalue weighted by Gasteiger charge is 2.20. The van der Waals surface area contributed by atoms with E-state index in [0.29, 0.717) is 6.54 Å². The molecule has 3 aromatic rings. The summed E-state index contributed by atoms with van der Waals surface area (Å²) in [7, 11) is 0. The first-order chi connectivity index (χ1) is 12.7. The molecule has 1 unspecified atom stereocenters. The van der Waals surface area contributed by atoms with Crippen LogP contribution in [0.5, 0.6) is 0 Å². The fourth-order valence-electron chi connectivity index (χ4n) is 2.58. The lowest BCUT2D eigenvalue weighted by Crippen LogP contribution is -2.32. The summed E-state index contributed by atoms with van der Waals surface area (Å²) >= 11 is 3.16. The molecule has 0 radical (unpaired) electrons. The molecule has 0 aliphatic rings. The van der Waals surface area contributed by atoms with E-state index in [2.05, 4.69) is 38.5 Å². The summed E-state index contributed by atoms with van der Waals surface area (Å²) < 4.78 is 2.05. The second-order valence-electron chi connectivity index (χ2n) is 5.80. The third kappa shape index (κ3) is 4.53. The molecule has 1 amide bonds. The van der Waals surface area contributed by atoms with Crippen LogP contribution in [0.15, 0.2) is 53.0 Å². The van der Waals surface area contributed by atoms with Crippen LogP contribution < -0.4 is 5.32 Å². The maximum Gasteiger partial charge on any atom is 0.233 e. The molecule has 0 bridgehead atoms. The average molecular weight is 387 g/mol. The first kappa shape index (κ1) is 18.7. The highest BCUT2D eigenvalue weighted by atomic mass is 32.2. The van der Waals surface area contributed by atoms with Crippen molar-refractivity contribution in [3.63, 3.8) is 0 Å². The summed E-state index contributed by atoms with van der Waals surface area (Å²) in [6.45, 7) is 5.37. The van der Waals surface area contributed by atoms with Gasteiger partial charge in [-0.2, -0.15) is 0 Å². The van der Waals surface area contributed by atoms with E-state index in [1.165, 1.54) is 16.6 Å². The Labute approximate surface area is 161 Å². The number of hydrogen-bond acceptors (Lipinski definition) is 5. The lowest BCUT2D eigenvalue weighted by Gasteiger charge is -2.12. The second-order valence-corrected chi connectivity index (χ2v) is 8.14. The number of aromatic nitrogens is 3. The first-order valence-corrected chi connectivity index (χ1v) is 10.4. The van der Waals surface area contributed by atoms with Gasteiger partial charge in [-0.05, 0) is 31.7 Å². The van der Waals surface area contributed by atoms with E-state index in [9.17, 15) is 4.79 Å². The van der Waals surface area contributed by atoms with Crippen molar-refractivity contribution in [1.29, 1.82) is 0 Å². The van der Waals surface area contributed by atoms with Crippen LogP contribution in [0.25, 0.3) is 11.4 Å². The predicted molar refractivity (Wildman–Crippen MR) is 107 cm³/mol. The standard InChI is InChI=1S/C19H22N4OS2/c1-3-23-17(15-8-5-4-6-9-15)21-22-19(23)26-14(2)18(24)20-12-11-16-10-7-13-25-16/h4-10,13-14H,3,11-12H2,1-2H3,(H,20,24). The smallest absolute Gasteiger partial charge is 0.233 e. The van der Waals surface area contributed by atoms with Crippen LogP contribution in [0, 0.1) is 0 Å². The van der Waals surface area contributed by atoms with Crippen molar-refractivity contribution in [1.82, 2.24) is 20.1 Å². The van der Waals surface area contributed by atoms with Gasteiger partial charge in [-0.1, -0.05) is 48.2 Å². The number of nitrogens with one attached hydrogen (secondary N) is 1. The highest BCUT2D eigenvalue weighted by Crippen LogP contribution is 2.26. The topological polar surface area (TPSA) is 59.8 Å². The Kier molecular flexibility index (Phi) is 6.46. The van der Waals surface area contributed by atoms with Gasteiger partial charge in [0, 0.05) is 23.5 Å². The molecule has 2 aromatic heterocycles. The van der Waals surface area contributed by atoms with E-state index in [1.54, 1.807) is 11.3 Å². The van der Waals surface area contributed by atoms with E-state index >= 15 is 0 Å². The molecular formula is C19H22N4OS2. The maximum absolute atomic E-state index is 12.4. The molecule has 3 rings (SSSR count). The Bertz CT molecular complexity index is 831. The van der Waals surface area contributed by atoms with E-state index in [0.717, 1.165) is 29.5 Å². The van der Waals surface area contributed by atoms with Crippen LogP contribution in [0.2, 0.25) is 0 Å². The molecule has 0 saturated heterocycles. The minimum Gasteiger partial charge on any atom is -0.355 e. The molecular weight excluding hydrogens is 364 g/mol. The lowest BCUT2D eigenvalue weighted by atomic mass is 10.2. The SMILES string of the molecule is CCn1c(SC(C)C(=O)NCCc2cccs2)nnc1-c1ccccc1. The van der Waals surface area contributed by atoms with Crippen molar-refractivity contribution in [2.75, 3.05) is 6.54 Å². The lowest BCUT2D eigenvalue weighted by molar-refractivity contribution is -0.120. The molecule has 136 valence electrons. The highest BCUT2D eigenvalue weighted by molar-refractivity contribution is 8.00. The number of thiophene rings is 1. The second kappa shape index (κ2) is 9.00. The number of amides is 1. The Hall–Kier alpha value is -2.12. The summed E-state index contributed by atoms with van der Waals surface area (Å²) in [6.07, 6.45) is 0.865. The number of carbonyl (C=O) groups is 1. The van der Waals surface area contributed by atoms with Crippen molar-refractivity contribution in [3.05, 3.63) is 52.7 Å². The zero-order valence-electron chi connectivity index (χ0n) is 14.9. The summed E-state index contributed by atoms with van der Waals surface area (Å²) in [5, 5.41) is 14.2. The zero-order valence-corrected chi connectivity index (χ0v) is 16.5. The minimum absolute atomic E-state index is 0.0264. The number of nitrogens with zero attached hydrogens (tertiary/aromatic N) is 3. The monoisotopic (exact) mass is 386 g/mol. The van der Waals surface area contributed by atoms with Crippen LogP contribution >= 0.6 is 23.1 Å². The zero-order chi connectivity index (χ0) is 18.4. The number of benzene rings is 1. The van der Waals surface area contributed by atoms with Gasteiger partial charge in [0.15, 0.2) is 11.0 Å². The van der Waals surface area contributed by atoms with Crippen molar-refractivity contribution in [2.24, 2.45) is 0 Å². The third-order valence-electron chi connectivity index (χ3n) is 3.97. The summed E-state index contributed by atoms with van der Waals surface area (Å²) in [4.78, 5) is 13.6. The summed E-state index contributed by atoms with van der Waals surface area (Å²) in [5.41, 5.74) is 1.03. The molecule has 0 aliphatic heterocycles. The molecule has 1 aromatic carbocycles. The van der Waals surface area contributed by atoms with Gasteiger partial charge >= 0.3 is 0 Å². The van der Waals surface area contributed by atoms with Crippen molar-refractivity contribution in [3.8, 4) is 11.4 Å². The van der Waals surface area contributed by atoms with Gasteiger partial charge in [0.1, 0.15) is 0 Å². The van der Waals surface area contributed by atoms with Crippen LogP contribution in [-0.4, -0.2) is 32.5 Å². The number of hydrogen-bond donors (Lipinski definition) is 1. The van der Waals surface area contributed by atoms with E-state index in [4.69, 9.17) is 0 Å². The van der Waals surface area contributed by atoms with Gasteiger partial charge in [0.25, 0.3) is 0 Å². The summed E-state index contributed by atoms with van der Waals surface area (Å²) in [5.74, 6) is 0.861. The molecule has 1 atom stereocenters. The van der Waals surface area contributed by atoms with Gasteiger partial charge in [0.2, 0.25) is 5.91 Å². The number of rotatable bonds is 8. The Morgan fingerprint density at radius 1 is 1.23 bits per heavy atom. The molecule has 0 aliphatic carbocycles. The van der Waals surface area contributed by atoms with Crippen LogP contribution in [-0.2, 0) is 17.8 Å². The van der Waals surface area contributed by atoms with E-state index in [-0.39, 0.29) is 11.2 Å². The fourth-order valence-corrected chi connectivity index (χ4v) is 4.23. The Morgan fingerprint density at radius 2 is 2.04 bits per heavy atom. The quantitative estimate of drug-likeness (QED) is 0.597. The Morgan fingerprint density at radius 3 is 2.73 bits per heavy atom. The maximum atomic E-state index is 12.4. The van der Waals surface area contributed by atoms with Crippen molar-refractivity contribution >= 4 is 29.0 Å². The molecule has 0 spiro atoms.